The van der Waals surface area contributed by atoms with Gasteiger partial charge < -0.3 is 15.8 Å². The van der Waals surface area contributed by atoms with Crippen LogP contribution in [0, 0.1) is 17.8 Å². The molecule has 0 heterocycles. The number of amides is 1. The molecule has 1 amide bonds. The maximum Gasteiger partial charge on any atom is 0.338 e. The number of ether oxygens (including phenoxy) is 1. The second-order valence-corrected chi connectivity index (χ2v) is 6.98. The van der Waals surface area contributed by atoms with Crippen molar-refractivity contribution in [3.63, 3.8) is 0 Å². The van der Waals surface area contributed by atoms with Crippen LogP contribution in [0.15, 0.2) is 24.3 Å². The molecule has 0 radical (unpaired) electrons. The Morgan fingerprint density at radius 2 is 1.79 bits per heavy atom. The van der Waals surface area contributed by atoms with Crippen LogP contribution in [0.4, 0.5) is 5.69 Å². The summed E-state index contributed by atoms with van der Waals surface area (Å²) >= 11 is 0. The fourth-order valence-corrected chi connectivity index (χ4v) is 4.15. The average molecular weight is 330 g/mol. The summed E-state index contributed by atoms with van der Waals surface area (Å²) in [6.07, 6.45) is 5.33. The van der Waals surface area contributed by atoms with Gasteiger partial charge in [0.05, 0.1) is 12.2 Å². The maximum absolute atomic E-state index is 12.6. The van der Waals surface area contributed by atoms with Crippen LogP contribution in [-0.4, -0.2) is 24.5 Å². The molecule has 130 valence electrons. The van der Waals surface area contributed by atoms with Gasteiger partial charge in [0, 0.05) is 17.6 Å². The minimum absolute atomic E-state index is 0.0461. The number of fused-ring (bicyclic) bond motifs is 2. The smallest absolute Gasteiger partial charge is 0.338 e. The molecule has 2 fully saturated rings. The van der Waals surface area contributed by atoms with Crippen LogP contribution >= 0.6 is 0 Å². The minimum atomic E-state index is -0.343. The molecule has 2 unspecified atom stereocenters. The summed E-state index contributed by atoms with van der Waals surface area (Å²) in [4.78, 5) is 24.2. The monoisotopic (exact) mass is 330 g/mol. The molecule has 1 aromatic carbocycles. The second-order valence-electron chi connectivity index (χ2n) is 6.98. The molecule has 0 aliphatic heterocycles. The standard InChI is InChI=1S/C19H26N2O3/c1-2-24-19(23)12-6-8-16(9-7-12)21-18(22)15-10-13-4-3-5-14(11-15)17(13)20/h6-9,13-15,17H,2-5,10-11,20H2,1H3,(H,21,22). The molecule has 2 atom stereocenters. The van der Waals surface area contributed by atoms with E-state index in [1.807, 2.05) is 0 Å². The first-order chi connectivity index (χ1) is 11.6. The molecule has 5 nitrogen and oxygen atoms in total. The molecule has 2 saturated carbocycles. The number of nitrogens with two attached hydrogens (primary N) is 1. The Labute approximate surface area is 142 Å². The van der Waals surface area contributed by atoms with Crippen molar-refractivity contribution >= 4 is 17.6 Å². The van der Waals surface area contributed by atoms with Gasteiger partial charge in [-0.15, -0.1) is 0 Å². The van der Waals surface area contributed by atoms with E-state index < -0.39 is 0 Å². The number of hydrogen-bond donors (Lipinski definition) is 2. The first kappa shape index (κ1) is 17.0. The summed E-state index contributed by atoms with van der Waals surface area (Å²) in [5.41, 5.74) is 7.50. The molecule has 2 aliphatic carbocycles. The number of carbonyl (C=O) groups is 2. The predicted molar refractivity (Wildman–Crippen MR) is 92.6 cm³/mol. The zero-order chi connectivity index (χ0) is 17.1. The van der Waals surface area contributed by atoms with Crippen LogP contribution in [0.5, 0.6) is 0 Å². The Morgan fingerprint density at radius 1 is 1.17 bits per heavy atom. The summed E-state index contributed by atoms with van der Waals surface area (Å²) in [6, 6.07) is 7.13. The third-order valence-corrected chi connectivity index (χ3v) is 5.45. The predicted octanol–water partition coefficient (Wildman–Crippen LogP) is 2.96. The van der Waals surface area contributed by atoms with Crippen LogP contribution in [0.3, 0.4) is 0 Å². The Balaban J connectivity index is 1.60. The van der Waals surface area contributed by atoms with Crippen molar-refractivity contribution in [2.45, 2.75) is 45.1 Å². The lowest BCUT2D eigenvalue weighted by molar-refractivity contribution is -0.122. The molecular weight excluding hydrogens is 304 g/mol. The van der Waals surface area contributed by atoms with Crippen molar-refractivity contribution in [1.29, 1.82) is 0 Å². The van der Waals surface area contributed by atoms with Gasteiger partial charge in [-0.25, -0.2) is 4.79 Å². The van der Waals surface area contributed by atoms with Crippen LogP contribution in [0.1, 0.15) is 49.4 Å². The van der Waals surface area contributed by atoms with Gasteiger partial charge in [0.25, 0.3) is 0 Å². The van der Waals surface area contributed by atoms with Crippen LogP contribution in [-0.2, 0) is 9.53 Å². The highest BCUT2D eigenvalue weighted by Crippen LogP contribution is 2.42. The topological polar surface area (TPSA) is 81.4 Å². The number of esters is 1. The fraction of sp³-hybridized carbons (Fsp3) is 0.579. The third kappa shape index (κ3) is 3.61. The molecule has 3 rings (SSSR count). The van der Waals surface area contributed by atoms with Gasteiger partial charge in [0.15, 0.2) is 0 Å². The van der Waals surface area contributed by atoms with E-state index >= 15 is 0 Å². The van der Waals surface area contributed by atoms with E-state index in [0.29, 0.717) is 29.7 Å². The van der Waals surface area contributed by atoms with E-state index in [4.69, 9.17) is 10.5 Å². The number of rotatable bonds is 4. The highest BCUT2D eigenvalue weighted by atomic mass is 16.5. The number of nitrogens with one attached hydrogen (secondary N) is 1. The van der Waals surface area contributed by atoms with Crippen molar-refractivity contribution in [2.75, 3.05) is 11.9 Å². The molecular formula is C19H26N2O3. The lowest BCUT2D eigenvalue weighted by atomic mass is 9.65. The van der Waals surface area contributed by atoms with Crippen molar-refractivity contribution in [2.24, 2.45) is 23.5 Å². The molecule has 2 bridgehead atoms. The number of hydrogen-bond acceptors (Lipinski definition) is 4. The highest BCUT2D eigenvalue weighted by molar-refractivity contribution is 5.94. The van der Waals surface area contributed by atoms with Gasteiger partial charge in [-0.05, 0) is 68.7 Å². The number of anilines is 1. The van der Waals surface area contributed by atoms with E-state index in [9.17, 15) is 9.59 Å². The zero-order valence-electron chi connectivity index (χ0n) is 14.2. The Hall–Kier alpha value is -1.88. The summed E-state index contributed by atoms with van der Waals surface area (Å²) in [5.74, 6) is 0.746. The van der Waals surface area contributed by atoms with E-state index in [-0.39, 0.29) is 23.8 Å². The van der Waals surface area contributed by atoms with Gasteiger partial charge in [-0.1, -0.05) is 6.42 Å². The molecule has 3 N–H and O–H groups in total. The summed E-state index contributed by atoms with van der Waals surface area (Å²) in [6.45, 7) is 2.13. The molecule has 0 spiro atoms. The van der Waals surface area contributed by atoms with Gasteiger partial charge >= 0.3 is 5.97 Å². The Morgan fingerprint density at radius 3 is 2.38 bits per heavy atom. The van der Waals surface area contributed by atoms with E-state index in [0.717, 1.165) is 25.7 Å². The minimum Gasteiger partial charge on any atom is -0.462 e. The maximum atomic E-state index is 12.6. The van der Waals surface area contributed by atoms with Crippen molar-refractivity contribution in [3.8, 4) is 0 Å². The van der Waals surface area contributed by atoms with E-state index in [2.05, 4.69) is 5.32 Å². The highest BCUT2D eigenvalue weighted by Gasteiger charge is 2.40. The van der Waals surface area contributed by atoms with Gasteiger partial charge in [0.2, 0.25) is 5.91 Å². The quantitative estimate of drug-likeness (QED) is 0.832. The normalized spacial score (nSPS) is 28.9. The fourth-order valence-electron chi connectivity index (χ4n) is 4.15. The van der Waals surface area contributed by atoms with Gasteiger partial charge in [-0.2, -0.15) is 0 Å². The van der Waals surface area contributed by atoms with Crippen molar-refractivity contribution < 1.29 is 14.3 Å². The number of benzene rings is 1. The molecule has 0 saturated heterocycles. The zero-order valence-corrected chi connectivity index (χ0v) is 14.2. The third-order valence-electron chi connectivity index (χ3n) is 5.45. The Bertz CT molecular complexity index is 585. The van der Waals surface area contributed by atoms with E-state index in [1.165, 1.54) is 6.42 Å². The summed E-state index contributed by atoms with van der Waals surface area (Å²) < 4.78 is 4.96. The van der Waals surface area contributed by atoms with Crippen LogP contribution in [0.2, 0.25) is 0 Å². The van der Waals surface area contributed by atoms with E-state index in [1.54, 1.807) is 31.2 Å². The van der Waals surface area contributed by atoms with Crippen molar-refractivity contribution in [1.82, 2.24) is 0 Å². The average Bonchev–Trinajstić information content (AvgIpc) is 2.55. The van der Waals surface area contributed by atoms with Crippen LogP contribution in [0.25, 0.3) is 0 Å². The SMILES string of the molecule is CCOC(=O)c1ccc(NC(=O)C2CC3CCCC(C2)C3N)cc1. The Kier molecular flexibility index (Phi) is 5.19. The molecule has 24 heavy (non-hydrogen) atoms. The lowest BCUT2D eigenvalue weighted by Gasteiger charge is -2.43. The summed E-state index contributed by atoms with van der Waals surface area (Å²) in [5, 5.41) is 2.98. The second kappa shape index (κ2) is 7.34. The van der Waals surface area contributed by atoms with Crippen molar-refractivity contribution in [3.05, 3.63) is 29.8 Å². The van der Waals surface area contributed by atoms with Crippen LogP contribution < -0.4 is 11.1 Å². The number of carbonyl (C=O) groups excluding carboxylic acids is 2. The largest absolute Gasteiger partial charge is 0.462 e. The van der Waals surface area contributed by atoms with Gasteiger partial charge in [-0.3, -0.25) is 4.79 Å². The molecule has 5 heteroatoms. The summed E-state index contributed by atoms with van der Waals surface area (Å²) in [7, 11) is 0. The first-order valence-electron chi connectivity index (χ1n) is 8.92. The van der Waals surface area contributed by atoms with Gasteiger partial charge in [0.1, 0.15) is 0 Å². The lowest BCUT2D eigenvalue weighted by Crippen LogP contribution is -2.48. The molecule has 0 aromatic heterocycles. The molecule has 2 aliphatic rings. The molecule has 1 aromatic rings. The first-order valence-corrected chi connectivity index (χ1v) is 8.92.